The molecule has 0 bridgehead atoms. The Balaban J connectivity index is 1.17. The molecule has 2 aliphatic rings. The number of carbonyl (C=O) groups is 1. The van der Waals surface area contributed by atoms with E-state index in [2.05, 4.69) is 25.0 Å². The van der Waals surface area contributed by atoms with Gasteiger partial charge >= 0.3 is 0 Å². The van der Waals surface area contributed by atoms with Crippen molar-refractivity contribution in [2.45, 2.75) is 38.4 Å². The highest BCUT2D eigenvalue weighted by molar-refractivity contribution is 5.86. The molecule has 198 valence electrons. The normalized spacial score (nSPS) is 20.5. The lowest BCUT2D eigenvalue weighted by Gasteiger charge is -2.42. The molecule has 0 spiro atoms. The molecule has 0 saturated carbocycles. The van der Waals surface area contributed by atoms with Crippen LogP contribution >= 0.6 is 0 Å². The van der Waals surface area contributed by atoms with Crippen molar-refractivity contribution in [3.63, 3.8) is 0 Å². The van der Waals surface area contributed by atoms with Gasteiger partial charge in [-0.2, -0.15) is 19.5 Å². The Morgan fingerprint density at radius 1 is 1.16 bits per heavy atom. The van der Waals surface area contributed by atoms with E-state index in [1.165, 1.54) is 22.9 Å². The first-order chi connectivity index (χ1) is 18.4. The van der Waals surface area contributed by atoms with Crippen molar-refractivity contribution in [1.29, 1.82) is 0 Å². The maximum Gasteiger partial charge on any atom is 0.259 e. The first-order valence-electron chi connectivity index (χ1n) is 12.5. The first kappa shape index (κ1) is 24.2. The van der Waals surface area contributed by atoms with E-state index in [9.17, 15) is 13.6 Å². The second kappa shape index (κ2) is 9.63. The van der Waals surface area contributed by atoms with Crippen molar-refractivity contribution < 1.29 is 18.0 Å². The molecule has 1 aromatic carbocycles. The minimum absolute atomic E-state index is 0.00222. The van der Waals surface area contributed by atoms with Gasteiger partial charge in [-0.15, -0.1) is 5.10 Å². The third-order valence-electron chi connectivity index (χ3n) is 7.16. The largest absolute Gasteiger partial charge is 0.461 e. The lowest BCUT2D eigenvalue weighted by Crippen LogP contribution is -2.57. The van der Waals surface area contributed by atoms with Gasteiger partial charge in [-0.1, -0.05) is 6.07 Å². The van der Waals surface area contributed by atoms with Crippen molar-refractivity contribution in [2.24, 2.45) is 0 Å². The Hall–Kier alpha value is -4.13. The number of aromatic nitrogens is 5. The number of amides is 1. The molecular weight excluding hydrogens is 496 g/mol. The number of nitrogens with zero attached hydrogens (tertiary/aromatic N) is 8. The Morgan fingerprint density at radius 2 is 2.03 bits per heavy atom. The lowest BCUT2D eigenvalue weighted by molar-refractivity contribution is -0.137. The molecule has 0 radical (unpaired) electrons. The van der Waals surface area contributed by atoms with Gasteiger partial charge < -0.3 is 20.0 Å². The van der Waals surface area contributed by atoms with Crippen LogP contribution in [-0.2, 0) is 11.3 Å². The summed E-state index contributed by atoms with van der Waals surface area (Å²) in [4.78, 5) is 32.9. The van der Waals surface area contributed by atoms with Crippen molar-refractivity contribution in [3.8, 4) is 11.6 Å². The fraction of sp³-hybridized carbons (Fsp3) is 0.400. The van der Waals surface area contributed by atoms with E-state index in [0.29, 0.717) is 62.2 Å². The smallest absolute Gasteiger partial charge is 0.259 e. The zero-order valence-electron chi connectivity index (χ0n) is 20.8. The summed E-state index contributed by atoms with van der Waals surface area (Å²) in [6.07, 6.45) is 3.02. The summed E-state index contributed by atoms with van der Waals surface area (Å²) in [5.74, 6) is 0.400. The zero-order chi connectivity index (χ0) is 26.4. The molecular formula is C25H27F2N9O2. The molecule has 2 fully saturated rings. The predicted molar refractivity (Wildman–Crippen MR) is 134 cm³/mol. The maximum atomic E-state index is 14.1. The Labute approximate surface area is 216 Å². The van der Waals surface area contributed by atoms with Crippen LogP contribution in [0.3, 0.4) is 0 Å². The summed E-state index contributed by atoms with van der Waals surface area (Å²) in [5, 5.41) is 4.33. The summed E-state index contributed by atoms with van der Waals surface area (Å²) in [7, 11) is 0. The number of carbonyl (C=O) groups excluding carboxylic acids is 1. The van der Waals surface area contributed by atoms with Gasteiger partial charge in [-0.25, -0.2) is 8.78 Å². The van der Waals surface area contributed by atoms with Crippen LogP contribution in [-0.4, -0.2) is 78.5 Å². The molecule has 4 aromatic rings. The topological polar surface area (TPSA) is 122 Å². The molecule has 2 atom stereocenters. The van der Waals surface area contributed by atoms with Gasteiger partial charge in [0, 0.05) is 50.4 Å². The monoisotopic (exact) mass is 523 g/mol. The molecule has 2 N–H and O–H groups in total. The van der Waals surface area contributed by atoms with Crippen LogP contribution in [0.4, 0.5) is 20.7 Å². The number of hydrogen-bond acceptors (Lipinski definition) is 9. The fourth-order valence-corrected chi connectivity index (χ4v) is 5.28. The standard InChI is InChI=1S/C25H27F2N9O2/c1-15-13-33(14-16-6-7-17(26)12-18(16)27)9-10-34(15)22(37)19-4-2-8-35(19)24-30-23(28)36-25(31-24)29-21(32-36)20-5-3-11-38-20/h3,5-7,11-12,15,19H,2,4,8-10,13-14H2,1H3,(H2,28,29,30,31,32)/t15-,19+/m1/s1. The highest BCUT2D eigenvalue weighted by Gasteiger charge is 2.38. The summed E-state index contributed by atoms with van der Waals surface area (Å²) >= 11 is 0. The summed E-state index contributed by atoms with van der Waals surface area (Å²) in [6.45, 7) is 4.64. The van der Waals surface area contributed by atoms with Gasteiger partial charge in [0.15, 0.2) is 5.76 Å². The van der Waals surface area contributed by atoms with Crippen LogP contribution < -0.4 is 10.6 Å². The second-order valence-electron chi connectivity index (χ2n) is 9.71. The molecule has 5 heterocycles. The minimum atomic E-state index is -0.594. The van der Waals surface area contributed by atoms with Crippen LogP contribution in [0.2, 0.25) is 0 Å². The number of furan rings is 1. The average Bonchev–Trinajstić information content (AvgIpc) is 3.65. The van der Waals surface area contributed by atoms with Crippen LogP contribution in [0, 0.1) is 11.6 Å². The number of anilines is 2. The van der Waals surface area contributed by atoms with Crippen molar-refractivity contribution in [2.75, 3.05) is 36.8 Å². The van der Waals surface area contributed by atoms with Gasteiger partial charge in [0.05, 0.1) is 6.26 Å². The fourth-order valence-electron chi connectivity index (χ4n) is 5.28. The van der Waals surface area contributed by atoms with Gasteiger partial charge in [0.1, 0.15) is 17.7 Å². The van der Waals surface area contributed by atoms with Gasteiger partial charge in [0.25, 0.3) is 5.78 Å². The number of nitrogen functional groups attached to an aromatic ring is 1. The maximum absolute atomic E-state index is 14.1. The molecule has 1 amide bonds. The summed E-state index contributed by atoms with van der Waals surface area (Å²) in [5.41, 5.74) is 6.62. The number of piperazine rings is 1. The lowest BCUT2D eigenvalue weighted by atomic mass is 10.1. The molecule has 13 heteroatoms. The quantitative estimate of drug-likeness (QED) is 0.420. The van der Waals surface area contributed by atoms with Crippen molar-refractivity contribution >= 4 is 23.6 Å². The Bertz CT molecular complexity index is 1480. The molecule has 3 aromatic heterocycles. The SMILES string of the molecule is C[C@@H]1CN(Cc2ccc(F)cc2F)CCN1C(=O)[C@@H]1CCCN1c1nc(N)n2nc(-c3ccco3)nc2n1. The minimum Gasteiger partial charge on any atom is -0.461 e. The average molecular weight is 524 g/mol. The summed E-state index contributed by atoms with van der Waals surface area (Å²) in [6, 6.07) is 6.61. The van der Waals surface area contributed by atoms with E-state index in [1.54, 1.807) is 12.1 Å². The number of halogens is 2. The third-order valence-corrected chi connectivity index (χ3v) is 7.16. The van der Waals surface area contributed by atoms with Crippen LogP contribution in [0.25, 0.3) is 17.4 Å². The van der Waals surface area contributed by atoms with Crippen LogP contribution in [0.5, 0.6) is 0 Å². The Kier molecular flexibility index (Phi) is 6.14. The van der Waals surface area contributed by atoms with E-state index in [1.807, 2.05) is 16.7 Å². The van der Waals surface area contributed by atoms with E-state index in [-0.39, 0.29) is 23.7 Å². The number of nitrogens with two attached hydrogens (primary N) is 1. The predicted octanol–water partition coefficient (Wildman–Crippen LogP) is 2.34. The van der Waals surface area contributed by atoms with Crippen molar-refractivity contribution in [1.82, 2.24) is 34.4 Å². The number of benzene rings is 1. The molecule has 0 unspecified atom stereocenters. The number of rotatable bonds is 5. The van der Waals surface area contributed by atoms with Crippen LogP contribution in [0.1, 0.15) is 25.3 Å². The van der Waals surface area contributed by atoms with E-state index in [0.717, 1.165) is 12.5 Å². The molecule has 2 saturated heterocycles. The number of fused-ring (bicyclic) bond motifs is 1. The molecule has 38 heavy (non-hydrogen) atoms. The van der Waals surface area contributed by atoms with Crippen molar-refractivity contribution in [3.05, 3.63) is 53.8 Å². The summed E-state index contributed by atoms with van der Waals surface area (Å²) < 4.78 is 34.1. The second-order valence-corrected chi connectivity index (χ2v) is 9.71. The van der Waals surface area contributed by atoms with Crippen LogP contribution in [0.15, 0.2) is 41.0 Å². The third kappa shape index (κ3) is 4.42. The van der Waals surface area contributed by atoms with Gasteiger partial charge in [-0.05, 0) is 38.0 Å². The molecule has 0 aliphatic carbocycles. The number of hydrogen-bond donors (Lipinski definition) is 1. The highest BCUT2D eigenvalue weighted by Crippen LogP contribution is 2.27. The van der Waals surface area contributed by atoms with E-state index >= 15 is 0 Å². The van der Waals surface area contributed by atoms with E-state index in [4.69, 9.17) is 10.2 Å². The molecule has 6 rings (SSSR count). The van der Waals surface area contributed by atoms with Gasteiger partial charge in [-0.3, -0.25) is 9.69 Å². The van der Waals surface area contributed by atoms with E-state index < -0.39 is 17.7 Å². The molecule has 11 nitrogen and oxygen atoms in total. The Morgan fingerprint density at radius 3 is 2.79 bits per heavy atom. The molecule has 2 aliphatic heterocycles. The van der Waals surface area contributed by atoms with Gasteiger partial charge in [0.2, 0.25) is 23.6 Å². The first-order valence-corrected chi connectivity index (χ1v) is 12.5. The highest BCUT2D eigenvalue weighted by atomic mass is 19.1. The zero-order valence-corrected chi connectivity index (χ0v) is 20.8.